The number of ether oxygens (including phenoxy) is 1. The van der Waals surface area contributed by atoms with Crippen LogP contribution in [0.4, 0.5) is 0 Å². The second-order valence-electron chi connectivity index (χ2n) is 3.36. The minimum atomic E-state index is -2.10. The number of rotatable bonds is 5. The lowest BCUT2D eigenvalue weighted by atomic mass is 10.5. The maximum atomic E-state index is 5.80. The average Bonchev–Trinajstić information content (AvgIpc) is 2.20. The Morgan fingerprint density at radius 3 is 2.07 bits per heavy atom. The molecular formula is C9H21NO3Si. The fourth-order valence-corrected chi connectivity index (χ4v) is 4.24. The fraction of sp³-hybridized carbons (Fsp3) is 1.00. The summed E-state index contributed by atoms with van der Waals surface area (Å²) in [7, 11) is -2.10. The molecule has 0 spiro atoms. The van der Waals surface area contributed by atoms with Crippen LogP contribution in [0.3, 0.4) is 0 Å². The topological polar surface area (TPSA) is 30.9 Å². The van der Waals surface area contributed by atoms with Gasteiger partial charge < -0.3 is 13.6 Å². The molecule has 5 heteroatoms. The van der Waals surface area contributed by atoms with Crippen LogP contribution in [0.25, 0.3) is 0 Å². The van der Waals surface area contributed by atoms with E-state index in [1.165, 1.54) is 0 Å². The highest BCUT2D eigenvalue weighted by Gasteiger charge is 2.39. The third-order valence-corrected chi connectivity index (χ3v) is 5.65. The van der Waals surface area contributed by atoms with Crippen LogP contribution in [0.5, 0.6) is 0 Å². The standard InChI is InChI=1S/C9H21NO3Si/c1-4-12-14(3,13-5-2)10-6-8-11-9-7-10/h4-9H2,1-3H3. The van der Waals surface area contributed by atoms with E-state index in [2.05, 4.69) is 11.1 Å². The van der Waals surface area contributed by atoms with Crippen LogP contribution >= 0.6 is 0 Å². The van der Waals surface area contributed by atoms with Crippen molar-refractivity contribution in [3.05, 3.63) is 0 Å². The monoisotopic (exact) mass is 219 g/mol. The molecule has 0 bridgehead atoms. The summed E-state index contributed by atoms with van der Waals surface area (Å²) in [5.41, 5.74) is 0. The second-order valence-corrected chi connectivity index (χ2v) is 6.37. The molecule has 0 aromatic rings. The Morgan fingerprint density at radius 1 is 1.14 bits per heavy atom. The van der Waals surface area contributed by atoms with Gasteiger partial charge in [0.1, 0.15) is 0 Å². The molecule has 0 unspecified atom stereocenters. The van der Waals surface area contributed by atoms with E-state index in [9.17, 15) is 0 Å². The predicted octanol–water partition coefficient (Wildman–Crippen LogP) is 0.960. The van der Waals surface area contributed by atoms with Gasteiger partial charge in [0, 0.05) is 26.3 Å². The van der Waals surface area contributed by atoms with Gasteiger partial charge in [0.05, 0.1) is 13.2 Å². The minimum absolute atomic E-state index is 0.722. The Morgan fingerprint density at radius 2 is 1.64 bits per heavy atom. The van der Waals surface area contributed by atoms with Crippen molar-refractivity contribution in [2.75, 3.05) is 39.5 Å². The van der Waals surface area contributed by atoms with Crippen molar-refractivity contribution in [2.24, 2.45) is 0 Å². The molecule has 0 N–H and O–H groups in total. The smallest absolute Gasteiger partial charge is 0.383 e. The number of morpholine rings is 1. The van der Waals surface area contributed by atoms with Gasteiger partial charge in [-0.2, -0.15) is 0 Å². The van der Waals surface area contributed by atoms with E-state index in [-0.39, 0.29) is 0 Å². The number of hydrogen-bond acceptors (Lipinski definition) is 4. The van der Waals surface area contributed by atoms with Gasteiger partial charge in [0.2, 0.25) is 0 Å². The maximum Gasteiger partial charge on any atom is 0.424 e. The van der Waals surface area contributed by atoms with Gasteiger partial charge in [0.15, 0.2) is 0 Å². The van der Waals surface area contributed by atoms with Crippen molar-refractivity contribution < 1.29 is 13.6 Å². The summed E-state index contributed by atoms with van der Waals surface area (Å²) >= 11 is 0. The molecule has 84 valence electrons. The Balaban J connectivity index is 2.54. The Labute approximate surface area is 87.5 Å². The zero-order valence-electron chi connectivity index (χ0n) is 9.41. The summed E-state index contributed by atoms with van der Waals surface area (Å²) < 4.78 is 19.2. The van der Waals surface area contributed by atoms with Gasteiger partial charge >= 0.3 is 8.72 Å². The lowest BCUT2D eigenvalue weighted by Gasteiger charge is -2.38. The summed E-state index contributed by atoms with van der Waals surface area (Å²) in [5, 5.41) is 0. The molecule has 1 saturated heterocycles. The van der Waals surface area contributed by atoms with Gasteiger partial charge in [-0.25, -0.2) is 0 Å². The van der Waals surface area contributed by atoms with Crippen LogP contribution < -0.4 is 0 Å². The summed E-state index contributed by atoms with van der Waals surface area (Å²) in [4.78, 5) is 0. The predicted molar refractivity (Wildman–Crippen MR) is 57.3 cm³/mol. The molecule has 1 rings (SSSR count). The summed E-state index contributed by atoms with van der Waals surface area (Å²) in [6.45, 7) is 11.1. The zero-order chi connectivity index (χ0) is 10.4. The lowest BCUT2D eigenvalue weighted by molar-refractivity contribution is 0.0339. The van der Waals surface area contributed by atoms with Gasteiger partial charge in [0.25, 0.3) is 0 Å². The van der Waals surface area contributed by atoms with Crippen LogP contribution in [0.1, 0.15) is 13.8 Å². The lowest BCUT2D eigenvalue weighted by Crippen LogP contribution is -2.59. The first-order valence-corrected chi connectivity index (χ1v) is 7.60. The highest BCUT2D eigenvalue weighted by atomic mass is 28.4. The van der Waals surface area contributed by atoms with E-state index in [1.54, 1.807) is 0 Å². The molecule has 0 amide bonds. The van der Waals surface area contributed by atoms with E-state index in [4.69, 9.17) is 13.6 Å². The Bertz CT molecular complexity index is 156. The molecule has 1 fully saturated rings. The third-order valence-electron chi connectivity index (χ3n) is 2.41. The van der Waals surface area contributed by atoms with E-state index < -0.39 is 8.72 Å². The molecule has 0 radical (unpaired) electrons. The molecule has 14 heavy (non-hydrogen) atoms. The van der Waals surface area contributed by atoms with Crippen LogP contribution in [0.2, 0.25) is 6.55 Å². The van der Waals surface area contributed by atoms with Crippen molar-refractivity contribution in [2.45, 2.75) is 20.4 Å². The Kier molecular flexibility index (Phi) is 5.04. The Hall–Kier alpha value is 0.0569. The van der Waals surface area contributed by atoms with Crippen LogP contribution in [-0.2, 0) is 13.6 Å². The summed E-state index contributed by atoms with van der Waals surface area (Å²) in [6, 6.07) is 0. The second kappa shape index (κ2) is 5.82. The van der Waals surface area contributed by atoms with E-state index in [0.717, 1.165) is 39.5 Å². The first-order valence-electron chi connectivity index (χ1n) is 5.33. The zero-order valence-corrected chi connectivity index (χ0v) is 10.4. The molecule has 1 aliphatic heterocycles. The first kappa shape index (κ1) is 12.1. The average molecular weight is 219 g/mol. The van der Waals surface area contributed by atoms with Crippen LogP contribution in [0, 0.1) is 0 Å². The summed E-state index contributed by atoms with van der Waals surface area (Å²) in [5.74, 6) is 0. The van der Waals surface area contributed by atoms with Crippen molar-refractivity contribution >= 4 is 8.72 Å². The molecule has 1 aliphatic rings. The van der Waals surface area contributed by atoms with Gasteiger partial charge in [-0.05, 0) is 20.4 Å². The van der Waals surface area contributed by atoms with Gasteiger partial charge in [-0.1, -0.05) is 0 Å². The molecule has 0 saturated carbocycles. The normalized spacial score (nSPS) is 19.9. The van der Waals surface area contributed by atoms with E-state index in [0.29, 0.717) is 0 Å². The van der Waals surface area contributed by atoms with E-state index >= 15 is 0 Å². The van der Waals surface area contributed by atoms with E-state index in [1.807, 2.05) is 13.8 Å². The largest absolute Gasteiger partial charge is 0.424 e. The molecule has 1 heterocycles. The van der Waals surface area contributed by atoms with Crippen molar-refractivity contribution in [3.63, 3.8) is 0 Å². The molecule has 0 aromatic heterocycles. The van der Waals surface area contributed by atoms with Gasteiger partial charge in [-0.15, -0.1) is 0 Å². The minimum Gasteiger partial charge on any atom is -0.383 e. The van der Waals surface area contributed by atoms with Crippen LogP contribution in [-0.4, -0.2) is 52.8 Å². The first-order chi connectivity index (χ1) is 6.73. The highest BCUT2D eigenvalue weighted by molar-refractivity contribution is 6.63. The van der Waals surface area contributed by atoms with Crippen LogP contribution in [0.15, 0.2) is 0 Å². The molecular weight excluding hydrogens is 198 g/mol. The van der Waals surface area contributed by atoms with Crippen molar-refractivity contribution in [3.8, 4) is 0 Å². The van der Waals surface area contributed by atoms with Gasteiger partial charge in [-0.3, -0.25) is 4.57 Å². The van der Waals surface area contributed by atoms with Crippen molar-refractivity contribution in [1.29, 1.82) is 0 Å². The molecule has 4 nitrogen and oxygen atoms in total. The molecule has 0 atom stereocenters. The van der Waals surface area contributed by atoms with Crippen molar-refractivity contribution in [1.82, 2.24) is 4.57 Å². The molecule has 0 aliphatic carbocycles. The SMILES string of the molecule is CCO[Si](C)(OCC)N1CCOCC1. The number of hydrogen-bond donors (Lipinski definition) is 0. The summed E-state index contributed by atoms with van der Waals surface area (Å²) in [6.07, 6.45) is 0. The highest BCUT2D eigenvalue weighted by Crippen LogP contribution is 2.15. The maximum absolute atomic E-state index is 5.80. The fourth-order valence-electron chi connectivity index (χ4n) is 1.73. The third kappa shape index (κ3) is 3.03. The quantitative estimate of drug-likeness (QED) is 0.645. The number of nitrogens with zero attached hydrogens (tertiary/aromatic N) is 1. The molecule has 0 aromatic carbocycles.